The van der Waals surface area contributed by atoms with Crippen molar-refractivity contribution in [1.82, 2.24) is 5.32 Å². The maximum atomic E-state index is 5.70. The highest BCUT2D eigenvalue weighted by Gasteiger charge is 2.12. The summed E-state index contributed by atoms with van der Waals surface area (Å²) in [6, 6.07) is 1.40. The van der Waals surface area contributed by atoms with E-state index in [2.05, 4.69) is 5.32 Å². The number of nitrogens with two attached hydrogens (primary N) is 1. The van der Waals surface area contributed by atoms with Crippen LogP contribution in [0.15, 0.2) is 0 Å². The van der Waals surface area contributed by atoms with Gasteiger partial charge in [-0.25, -0.2) is 0 Å². The van der Waals surface area contributed by atoms with Crippen LogP contribution in [-0.2, 0) is 4.74 Å². The minimum atomic E-state index is 0.0345. The first kappa shape index (κ1) is 11.2. The van der Waals surface area contributed by atoms with Gasteiger partial charge in [0.2, 0.25) is 0 Å². The van der Waals surface area contributed by atoms with Crippen molar-refractivity contribution in [3.05, 3.63) is 0 Å². The van der Waals surface area contributed by atoms with Gasteiger partial charge in [0.15, 0.2) is 0 Å². The highest BCUT2D eigenvalue weighted by Crippen LogP contribution is 2.12. The van der Waals surface area contributed by atoms with E-state index in [0.717, 1.165) is 13.2 Å². The molecule has 13 heavy (non-hydrogen) atoms. The molecule has 0 saturated carbocycles. The third-order valence-corrected chi connectivity index (χ3v) is 4.74. The summed E-state index contributed by atoms with van der Waals surface area (Å²) in [6.45, 7) is 2.70. The summed E-state index contributed by atoms with van der Waals surface area (Å²) in [5.74, 6) is 0. The maximum absolute atomic E-state index is 5.70. The Morgan fingerprint density at radius 1 is 1.46 bits per heavy atom. The van der Waals surface area contributed by atoms with Gasteiger partial charge in [-0.05, 0) is 32.2 Å². The van der Waals surface area contributed by atoms with Crippen LogP contribution >= 0.6 is 0 Å². The lowest BCUT2D eigenvalue weighted by atomic mass is 10.2. The highest BCUT2D eigenvalue weighted by molar-refractivity contribution is 6.37. The molecule has 0 bridgehead atoms. The largest absolute Gasteiger partial charge is 0.382 e. The zero-order chi connectivity index (χ0) is 9.36. The predicted molar refractivity (Wildman–Crippen MR) is 58.6 cm³/mol. The molecule has 1 atom stereocenters. The van der Waals surface area contributed by atoms with Crippen LogP contribution in [0.1, 0.15) is 25.7 Å². The van der Waals surface area contributed by atoms with Crippen molar-refractivity contribution in [1.29, 1.82) is 0 Å². The minimum Gasteiger partial charge on any atom is -0.382 e. The van der Waals surface area contributed by atoms with Crippen LogP contribution in [0.3, 0.4) is 0 Å². The van der Waals surface area contributed by atoms with Gasteiger partial charge >= 0.3 is 0 Å². The van der Waals surface area contributed by atoms with Gasteiger partial charge in [-0.15, -0.1) is 0 Å². The van der Waals surface area contributed by atoms with Gasteiger partial charge in [-0.1, -0.05) is 6.04 Å². The van der Waals surface area contributed by atoms with Crippen LogP contribution in [0, 0.1) is 0 Å². The summed E-state index contributed by atoms with van der Waals surface area (Å²) < 4.78 is 5.70. The minimum absolute atomic E-state index is 0.0345. The molecule has 0 spiro atoms. The lowest BCUT2D eigenvalue weighted by Crippen LogP contribution is -2.27. The molecule has 0 aromatic carbocycles. The first-order valence-electron chi connectivity index (χ1n) is 5.46. The standard InChI is InChI=1S/C9H22N2OSi/c10-8-11-5-3-7-13-9-4-1-2-6-12-9/h9,11H,1-8,10,13H2. The molecule has 3 N–H and O–H groups in total. The van der Waals surface area contributed by atoms with E-state index in [0.29, 0.717) is 12.4 Å². The van der Waals surface area contributed by atoms with Gasteiger partial charge in [0.1, 0.15) is 0 Å². The van der Waals surface area contributed by atoms with Gasteiger partial charge in [-0.2, -0.15) is 0 Å². The monoisotopic (exact) mass is 202 g/mol. The first-order chi connectivity index (χ1) is 6.43. The fraction of sp³-hybridized carbons (Fsp3) is 1.00. The molecule has 1 aliphatic heterocycles. The van der Waals surface area contributed by atoms with Crippen LogP contribution in [0.2, 0.25) is 6.04 Å². The summed E-state index contributed by atoms with van der Waals surface area (Å²) in [7, 11) is 0.0345. The Labute approximate surface area is 83.2 Å². The first-order valence-corrected chi connectivity index (χ1v) is 7.27. The second kappa shape index (κ2) is 7.50. The Morgan fingerprint density at radius 3 is 3.08 bits per heavy atom. The molecule has 0 aromatic heterocycles. The van der Waals surface area contributed by atoms with Crippen molar-refractivity contribution in [3.63, 3.8) is 0 Å². The third kappa shape index (κ3) is 5.41. The van der Waals surface area contributed by atoms with Crippen molar-refractivity contribution >= 4 is 9.52 Å². The van der Waals surface area contributed by atoms with Crippen molar-refractivity contribution in [3.8, 4) is 0 Å². The molecule has 78 valence electrons. The number of hydrogen-bond donors (Lipinski definition) is 2. The fourth-order valence-corrected chi connectivity index (χ4v) is 3.66. The molecule has 1 saturated heterocycles. The smallest absolute Gasteiger partial charge is 0.0556 e. The normalized spacial score (nSPS) is 24.2. The van der Waals surface area contributed by atoms with E-state index in [1.54, 1.807) is 0 Å². The summed E-state index contributed by atoms with van der Waals surface area (Å²) in [5.41, 5.74) is 6.02. The fourth-order valence-electron chi connectivity index (χ4n) is 1.76. The summed E-state index contributed by atoms with van der Waals surface area (Å²) in [4.78, 5) is 0. The van der Waals surface area contributed by atoms with Gasteiger partial charge in [0.05, 0.1) is 9.52 Å². The zero-order valence-corrected chi connectivity index (χ0v) is 9.84. The molecule has 4 heteroatoms. The summed E-state index contributed by atoms with van der Waals surface area (Å²) in [6.07, 6.45) is 5.28. The van der Waals surface area contributed by atoms with E-state index in [1.807, 2.05) is 0 Å². The lowest BCUT2D eigenvalue weighted by Gasteiger charge is -2.22. The number of rotatable bonds is 6. The lowest BCUT2D eigenvalue weighted by molar-refractivity contribution is 0.0650. The third-order valence-electron chi connectivity index (χ3n) is 2.55. The van der Waals surface area contributed by atoms with Crippen LogP contribution in [0.25, 0.3) is 0 Å². The van der Waals surface area contributed by atoms with Crippen molar-refractivity contribution in [2.24, 2.45) is 5.73 Å². The van der Waals surface area contributed by atoms with E-state index >= 15 is 0 Å². The van der Waals surface area contributed by atoms with E-state index in [4.69, 9.17) is 10.5 Å². The molecule has 0 amide bonds. The second-order valence-corrected chi connectivity index (χ2v) is 5.88. The SMILES string of the molecule is NCNCCC[SiH2]C1CCCCO1. The van der Waals surface area contributed by atoms with Gasteiger partial charge in [0, 0.05) is 19.0 Å². The molecule has 1 aliphatic rings. The Morgan fingerprint density at radius 2 is 2.38 bits per heavy atom. The van der Waals surface area contributed by atoms with E-state index in [1.165, 1.54) is 31.7 Å². The van der Waals surface area contributed by atoms with Crippen LogP contribution in [0.4, 0.5) is 0 Å². The van der Waals surface area contributed by atoms with Gasteiger partial charge < -0.3 is 15.8 Å². The Bertz CT molecular complexity index is 118. The molecule has 1 heterocycles. The molecule has 1 fully saturated rings. The Kier molecular flexibility index (Phi) is 6.44. The van der Waals surface area contributed by atoms with Crippen LogP contribution in [-0.4, -0.2) is 35.1 Å². The van der Waals surface area contributed by atoms with E-state index < -0.39 is 0 Å². The molecular weight excluding hydrogens is 180 g/mol. The molecule has 0 aromatic rings. The van der Waals surface area contributed by atoms with Gasteiger partial charge in [-0.3, -0.25) is 0 Å². The van der Waals surface area contributed by atoms with Crippen molar-refractivity contribution in [2.75, 3.05) is 19.8 Å². The van der Waals surface area contributed by atoms with Crippen LogP contribution in [0.5, 0.6) is 0 Å². The molecule has 1 unspecified atom stereocenters. The maximum Gasteiger partial charge on any atom is 0.0556 e. The number of nitrogens with one attached hydrogen (secondary N) is 1. The quantitative estimate of drug-likeness (QED) is 0.362. The average molecular weight is 202 g/mol. The predicted octanol–water partition coefficient (Wildman–Crippen LogP) is -0.00400. The number of hydrogen-bond acceptors (Lipinski definition) is 3. The van der Waals surface area contributed by atoms with E-state index in [-0.39, 0.29) is 9.52 Å². The average Bonchev–Trinajstić information content (AvgIpc) is 2.19. The van der Waals surface area contributed by atoms with Crippen molar-refractivity contribution in [2.45, 2.75) is 37.5 Å². The zero-order valence-electron chi connectivity index (χ0n) is 8.43. The topological polar surface area (TPSA) is 47.3 Å². The second-order valence-electron chi connectivity index (χ2n) is 3.69. The summed E-state index contributed by atoms with van der Waals surface area (Å²) >= 11 is 0. The molecule has 3 nitrogen and oxygen atoms in total. The summed E-state index contributed by atoms with van der Waals surface area (Å²) in [5, 5.41) is 3.15. The molecule has 0 aliphatic carbocycles. The highest BCUT2D eigenvalue weighted by atomic mass is 28.2. The Hall–Kier alpha value is 0.0969. The van der Waals surface area contributed by atoms with Crippen molar-refractivity contribution < 1.29 is 4.74 Å². The van der Waals surface area contributed by atoms with E-state index in [9.17, 15) is 0 Å². The number of ether oxygens (including phenoxy) is 1. The Balaban J connectivity index is 1.86. The van der Waals surface area contributed by atoms with Gasteiger partial charge in [0.25, 0.3) is 0 Å². The molecule has 0 radical (unpaired) electrons. The molecular formula is C9H22N2OSi. The van der Waals surface area contributed by atoms with Crippen LogP contribution < -0.4 is 11.1 Å². The molecule has 1 rings (SSSR count).